The van der Waals surface area contributed by atoms with Crippen LogP contribution in [0, 0.1) is 11.3 Å². The van der Waals surface area contributed by atoms with Gasteiger partial charge in [0.2, 0.25) is 0 Å². The molecule has 0 unspecified atom stereocenters. The molecular formula is C22H16N2O4. The van der Waals surface area contributed by atoms with Gasteiger partial charge in [0.1, 0.15) is 11.8 Å². The minimum atomic E-state index is -1.12. The number of pyridine rings is 1. The molecule has 0 aliphatic rings. The molecule has 0 fully saturated rings. The van der Waals surface area contributed by atoms with Gasteiger partial charge in [-0.1, -0.05) is 54.6 Å². The van der Waals surface area contributed by atoms with Crippen molar-refractivity contribution in [3.8, 4) is 34.2 Å². The van der Waals surface area contributed by atoms with E-state index in [-0.39, 0.29) is 24.1 Å². The van der Waals surface area contributed by atoms with Gasteiger partial charge < -0.3 is 10.2 Å². The molecule has 2 N–H and O–H groups in total. The van der Waals surface area contributed by atoms with Crippen molar-refractivity contribution in [1.29, 1.82) is 5.26 Å². The molecule has 0 amide bonds. The van der Waals surface area contributed by atoms with E-state index in [2.05, 4.69) is 4.98 Å². The van der Waals surface area contributed by atoms with Crippen molar-refractivity contribution in [2.75, 3.05) is 0 Å². The van der Waals surface area contributed by atoms with Gasteiger partial charge in [0.25, 0.3) is 0 Å². The summed E-state index contributed by atoms with van der Waals surface area (Å²) in [4.78, 5) is 27.1. The first-order valence-corrected chi connectivity index (χ1v) is 8.54. The summed E-state index contributed by atoms with van der Waals surface area (Å²) in [6.45, 7) is 0. The number of nitriles is 1. The Hall–Kier alpha value is -3.98. The van der Waals surface area contributed by atoms with E-state index in [1.807, 2.05) is 60.7 Å². The zero-order valence-electron chi connectivity index (χ0n) is 14.8. The predicted octanol–water partition coefficient (Wildman–Crippen LogP) is 4.04. The highest BCUT2D eigenvalue weighted by molar-refractivity contribution is 5.99. The lowest BCUT2D eigenvalue weighted by Crippen LogP contribution is -2.07. The van der Waals surface area contributed by atoms with E-state index in [0.29, 0.717) is 11.3 Å². The van der Waals surface area contributed by atoms with Gasteiger partial charge in [-0.2, -0.15) is 5.26 Å². The minimum Gasteiger partial charge on any atom is -0.504 e. The summed E-state index contributed by atoms with van der Waals surface area (Å²) in [7, 11) is 0. The van der Waals surface area contributed by atoms with Gasteiger partial charge in [-0.05, 0) is 17.2 Å². The molecule has 138 valence electrons. The lowest BCUT2D eigenvalue weighted by Gasteiger charge is -2.09. The molecule has 0 radical (unpaired) electrons. The van der Waals surface area contributed by atoms with E-state index in [9.17, 15) is 20.0 Å². The summed E-state index contributed by atoms with van der Waals surface area (Å²) in [6, 6.07) is 20.5. The van der Waals surface area contributed by atoms with Crippen LogP contribution in [-0.2, 0) is 4.79 Å². The van der Waals surface area contributed by atoms with E-state index in [1.54, 1.807) is 0 Å². The fourth-order valence-corrected chi connectivity index (χ4v) is 2.77. The number of hydrogen-bond acceptors (Lipinski definition) is 5. The average molecular weight is 372 g/mol. The van der Waals surface area contributed by atoms with Crippen LogP contribution < -0.4 is 0 Å². The number of carboxylic acid groups (broad SMARTS) is 1. The number of carbonyl (C=O) groups is 2. The highest BCUT2D eigenvalue weighted by Gasteiger charge is 2.19. The topological polar surface area (TPSA) is 111 Å². The zero-order valence-corrected chi connectivity index (χ0v) is 14.8. The number of ketones is 1. The second-order valence-electron chi connectivity index (χ2n) is 6.12. The molecule has 0 bridgehead atoms. The largest absolute Gasteiger partial charge is 0.504 e. The SMILES string of the molecule is N#Cc1cc(-c2ccc(-c3ccccc3)cc2)nc(C(=O)CCC(=O)O)c1O. The van der Waals surface area contributed by atoms with Crippen molar-refractivity contribution in [1.82, 2.24) is 4.98 Å². The van der Waals surface area contributed by atoms with Crippen LogP contribution in [-0.4, -0.2) is 26.9 Å². The molecule has 3 aromatic rings. The fourth-order valence-electron chi connectivity index (χ4n) is 2.77. The van der Waals surface area contributed by atoms with E-state index in [0.717, 1.165) is 11.1 Å². The number of hydrogen-bond donors (Lipinski definition) is 2. The highest BCUT2D eigenvalue weighted by atomic mass is 16.4. The first kappa shape index (κ1) is 18.8. The summed E-state index contributed by atoms with van der Waals surface area (Å²) >= 11 is 0. The average Bonchev–Trinajstić information content (AvgIpc) is 2.73. The standard InChI is InChI=1S/C22H16N2O4/c23-13-17-12-18(24-21(22(17)28)19(25)10-11-20(26)27)16-8-6-15(7-9-16)14-4-2-1-3-5-14/h1-9,12,28H,10-11H2,(H,26,27). The monoisotopic (exact) mass is 372 g/mol. The van der Waals surface area contributed by atoms with Crippen molar-refractivity contribution < 1.29 is 19.8 Å². The van der Waals surface area contributed by atoms with Crippen LogP contribution in [0.2, 0.25) is 0 Å². The Morgan fingerprint density at radius 1 is 0.929 bits per heavy atom. The lowest BCUT2D eigenvalue weighted by atomic mass is 10.0. The second kappa shape index (κ2) is 8.14. The molecule has 0 saturated carbocycles. The molecular weight excluding hydrogens is 356 g/mol. The molecule has 28 heavy (non-hydrogen) atoms. The maximum atomic E-state index is 12.3. The first-order valence-electron chi connectivity index (χ1n) is 8.54. The van der Waals surface area contributed by atoms with E-state index < -0.39 is 17.5 Å². The molecule has 6 nitrogen and oxygen atoms in total. The Kier molecular flexibility index (Phi) is 5.47. The smallest absolute Gasteiger partial charge is 0.303 e. The van der Waals surface area contributed by atoms with Gasteiger partial charge in [-0.3, -0.25) is 9.59 Å². The Morgan fingerprint density at radius 2 is 1.54 bits per heavy atom. The Labute approximate surface area is 161 Å². The van der Waals surface area contributed by atoms with Gasteiger partial charge in [0, 0.05) is 12.0 Å². The normalized spacial score (nSPS) is 10.2. The van der Waals surface area contributed by atoms with Gasteiger partial charge in [0.15, 0.2) is 11.5 Å². The summed E-state index contributed by atoms with van der Waals surface area (Å²) in [6.07, 6.45) is -0.686. The van der Waals surface area contributed by atoms with Crippen LogP contribution in [0.4, 0.5) is 0 Å². The number of aromatic hydroxyl groups is 1. The van der Waals surface area contributed by atoms with Crippen LogP contribution in [0.15, 0.2) is 60.7 Å². The third-order valence-electron chi connectivity index (χ3n) is 4.23. The number of nitrogens with zero attached hydrogens (tertiary/aromatic N) is 2. The van der Waals surface area contributed by atoms with Gasteiger partial charge in [-0.15, -0.1) is 0 Å². The number of aromatic nitrogens is 1. The van der Waals surface area contributed by atoms with Gasteiger partial charge in [0.05, 0.1) is 17.7 Å². The van der Waals surface area contributed by atoms with Crippen molar-refractivity contribution in [2.45, 2.75) is 12.8 Å². The number of rotatable bonds is 6. The zero-order chi connectivity index (χ0) is 20.1. The Morgan fingerprint density at radius 3 is 2.14 bits per heavy atom. The quantitative estimate of drug-likeness (QED) is 0.632. The number of Topliss-reactive ketones (excluding diaryl/α,β-unsaturated/α-hetero) is 1. The predicted molar refractivity (Wildman–Crippen MR) is 103 cm³/mol. The molecule has 0 spiro atoms. The summed E-state index contributed by atoms with van der Waals surface area (Å²) in [5, 5.41) is 28.1. The van der Waals surface area contributed by atoms with Gasteiger partial charge in [-0.25, -0.2) is 4.98 Å². The molecule has 0 aliphatic carbocycles. The fraction of sp³-hybridized carbons (Fsp3) is 0.0909. The molecule has 1 heterocycles. The maximum absolute atomic E-state index is 12.3. The van der Waals surface area contributed by atoms with Crippen LogP contribution in [0.5, 0.6) is 5.75 Å². The third kappa shape index (κ3) is 4.05. The van der Waals surface area contributed by atoms with E-state index >= 15 is 0 Å². The Balaban J connectivity index is 1.98. The molecule has 6 heteroatoms. The second-order valence-corrected chi connectivity index (χ2v) is 6.12. The lowest BCUT2D eigenvalue weighted by molar-refractivity contribution is -0.136. The Bertz CT molecular complexity index is 1070. The van der Waals surface area contributed by atoms with Crippen molar-refractivity contribution in [3.63, 3.8) is 0 Å². The molecule has 0 saturated heterocycles. The van der Waals surface area contributed by atoms with Crippen LogP contribution in [0.3, 0.4) is 0 Å². The number of aliphatic carboxylic acids is 1. The third-order valence-corrected chi connectivity index (χ3v) is 4.23. The number of carbonyl (C=O) groups excluding carboxylic acids is 1. The van der Waals surface area contributed by atoms with Crippen LogP contribution >= 0.6 is 0 Å². The molecule has 0 aliphatic heterocycles. The summed E-state index contributed by atoms with van der Waals surface area (Å²) < 4.78 is 0. The number of carboxylic acids is 1. The van der Waals surface area contributed by atoms with Crippen molar-refractivity contribution >= 4 is 11.8 Å². The van der Waals surface area contributed by atoms with Crippen LogP contribution in [0.25, 0.3) is 22.4 Å². The van der Waals surface area contributed by atoms with Crippen molar-refractivity contribution in [3.05, 3.63) is 71.9 Å². The van der Waals surface area contributed by atoms with E-state index in [4.69, 9.17) is 5.11 Å². The summed E-state index contributed by atoms with van der Waals surface area (Å²) in [5.41, 5.74) is 2.70. The van der Waals surface area contributed by atoms with Gasteiger partial charge >= 0.3 is 5.97 Å². The minimum absolute atomic E-state index is 0.0872. The molecule has 1 aromatic heterocycles. The summed E-state index contributed by atoms with van der Waals surface area (Å²) in [5.74, 6) is -2.28. The van der Waals surface area contributed by atoms with Crippen molar-refractivity contribution in [2.24, 2.45) is 0 Å². The van der Waals surface area contributed by atoms with Crippen LogP contribution in [0.1, 0.15) is 28.9 Å². The molecule has 2 aromatic carbocycles. The molecule has 0 atom stereocenters. The number of benzene rings is 2. The van der Waals surface area contributed by atoms with E-state index in [1.165, 1.54) is 6.07 Å². The first-order chi connectivity index (χ1) is 13.5. The maximum Gasteiger partial charge on any atom is 0.303 e. The highest BCUT2D eigenvalue weighted by Crippen LogP contribution is 2.29. The molecule has 3 rings (SSSR count).